The van der Waals surface area contributed by atoms with Gasteiger partial charge >= 0.3 is 15.6 Å². The van der Waals surface area contributed by atoms with Crippen LogP contribution in [0.1, 0.15) is 25.4 Å². The molecule has 10 heteroatoms. The molecule has 0 amide bonds. The first kappa shape index (κ1) is 16.4. The van der Waals surface area contributed by atoms with Crippen LogP contribution < -0.4 is 4.18 Å². The van der Waals surface area contributed by atoms with Gasteiger partial charge in [-0.05, 0) is 12.5 Å². The Labute approximate surface area is 124 Å². The fourth-order valence-corrected chi connectivity index (χ4v) is 2.15. The van der Waals surface area contributed by atoms with Crippen molar-refractivity contribution < 1.29 is 25.8 Å². The Morgan fingerprint density at radius 2 is 1.86 bits per heavy atom. The van der Waals surface area contributed by atoms with Crippen LogP contribution >= 0.6 is 0 Å². The molecule has 0 bridgehead atoms. The van der Waals surface area contributed by atoms with Gasteiger partial charge in [0, 0.05) is 18.0 Å². The number of hydrogen-bond donors (Lipinski definition) is 0. The number of rotatable bonds is 4. The lowest BCUT2D eigenvalue weighted by Crippen LogP contribution is -2.28. The molecule has 22 heavy (non-hydrogen) atoms. The Morgan fingerprint density at radius 1 is 1.18 bits per heavy atom. The quantitative estimate of drug-likeness (QED) is 0.630. The van der Waals surface area contributed by atoms with Crippen molar-refractivity contribution in [1.29, 1.82) is 0 Å². The summed E-state index contributed by atoms with van der Waals surface area (Å²) in [5, 5.41) is 0.293. The third kappa shape index (κ3) is 3.11. The highest BCUT2D eigenvalue weighted by atomic mass is 32.2. The van der Waals surface area contributed by atoms with Gasteiger partial charge in [-0.2, -0.15) is 21.6 Å². The van der Waals surface area contributed by atoms with E-state index in [2.05, 4.69) is 19.1 Å². The molecule has 0 radical (unpaired) electrons. The Bertz CT molecular complexity index is 806. The van der Waals surface area contributed by atoms with Gasteiger partial charge < -0.3 is 4.18 Å². The molecule has 0 atom stereocenters. The molecule has 2 aromatic heterocycles. The summed E-state index contributed by atoms with van der Waals surface area (Å²) in [4.78, 5) is 12.2. The largest absolute Gasteiger partial charge is 0.534 e. The Balaban J connectivity index is 2.55. The van der Waals surface area contributed by atoms with Crippen LogP contribution in [0.4, 0.5) is 13.2 Å². The van der Waals surface area contributed by atoms with Gasteiger partial charge in [-0.1, -0.05) is 13.8 Å². The maximum Gasteiger partial charge on any atom is 0.534 e. The molecule has 0 spiro atoms. The number of alkyl halides is 3. The molecule has 0 fully saturated rings. The summed E-state index contributed by atoms with van der Waals surface area (Å²) in [5.41, 5.74) is -5.16. The molecular weight excluding hydrogens is 323 g/mol. The van der Waals surface area contributed by atoms with E-state index in [1.54, 1.807) is 6.92 Å². The lowest BCUT2D eigenvalue weighted by atomic mass is 10.2. The van der Waals surface area contributed by atoms with Crippen LogP contribution in [0.15, 0.2) is 12.3 Å². The van der Waals surface area contributed by atoms with Gasteiger partial charge in [0.2, 0.25) is 0 Å². The molecular formula is C12H12F3N3O3S. The first-order valence-electron chi connectivity index (χ1n) is 6.34. The van der Waals surface area contributed by atoms with Crippen molar-refractivity contribution in [2.24, 2.45) is 0 Å². The van der Waals surface area contributed by atoms with E-state index in [1.807, 2.05) is 6.92 Å². The van der Waals surface area contributed by atoms with Gasteiger partial charge in [0.05, 0.1) is 5.69 Å². The predicted octanol–water partition coefficient (Wildman–Crippen LogP) is 2.38. The van der Waals surface area contributed by atoms with E-state index in [4.69, 9.17) is 0 Å². The monoisotopic (exact) mass is 335 g/mol. The SMILES string of the molecule is CCc1ncc2cc(OS(=O)(=O)C(F)(F)F)c(CC)nc2n1. The van der Waals surface area contributed by atoms with E-state index in [9.17, 15) is 21.6 Å². The zero-order valence-electron chi connectivity index (χ0n) is 11.7. The van der Waals surface area contributed by atoms with Gasteiger partial charge in [0.15, 0.2) is 11.4 Å². The summed E-state index contributed by atoms with van der Waals surface area (Å²) in [6.07, 6.45) is 2.12. The number of aryl methyl sites for hydroxylation is 2. The van der Waals surface area contributed by atoms with Crippen LogP contribution in [0.3, 0.4) is 0 Å². The van der Waals surface area contributed by atoms with Crippen molar-refractivity contribution in [3.05, 3.63) is 23.8 Å². The standard InChI is InChI=1S/C12H12F3N3O3S/c1-3-8-9(21-22(19,20)12(13,14)15)5-7-6-16-10(4-2)18-11(7)17-8/h5-6H,3-4H2,1-2H3. The normalized spacial score (nSPS) is 12.6. The fraction of sp³-hybridized carbons (Fsp3) is 0.417. The smallest absolute Gasteiger partial charge is 0.374 e. The van der Waals surface area contributed by atoms with Gasteiger partial charge in [-0.15, -0.1) is 0 Å². The summed E-state index contributed by atoms with van der Waals surface area (Å²) in [6.45, 7) is 3.46. The van der Waals surface area contributed by atoms with Gasteiger partial charge in [0.25, 0.3) is 0 Å². The molecule has 6 nitrogen and oxygen atoms in total. The number of fused-ring (bicyclic) bond motifs is 1. The minimum absolute atomic E-state index is 0.0704. The Morgan fingerprint density at radius 3 is 2.41 bits per heavy atom. The Kier molecular flexibility index (Phi) is 4.23. The molecule has 2 rings (SSSR count). The molecule has 0 aliphatic heterocycles. The van der Waals surface area contributed by atoms with Crippen molar-refractivity contribution in [2.75, 3.05) is 0 Å². The second kappa shape index (κ2) is 5.67. The van der Waals surface area contributed by atoms with Crippen molar-refractivity contribution >= 4 is 21.2 Å². The molecule has 0 aliphatic carbocycles. The van der Waals surface area contributed by atoms with Crippen LogP contribution in [0.5, 0.6) is 5.75 Å². The molecule has 0 aromatic carbocycles. The first-order chi connectivity index (χ1) is 10.2. The highest BCUT2D eigenvalue weighted by Gasteiger charge is 2.48. The maximum absolute atomic E-state index is 12.4. The zero-order chi connectivity index (χ0) is 16.5. The fourth-order valence-electron chi connectivity index (χ4n) is 1.68. The Hall–Kier alpha value is -1.97. The minimum atomic E-state index is -5.75. The van der Waals surface area contributed by atoms with Crippen LogP contribution in [-0.2, 0) is 23.0 Å². The van der Waals surface area contributed by atoms with Crippen LogP contribution in [0, 0.1) is 0 Å². The maximum atomic E-state index is 12.4. The summed E-state index contributed by atoms with van der Waals surface area (Å²) < 4.78 is 63.6. The van der Waals surface area contributed by atoms with E-state index < -0.39 is 21.4 Å². The summed E-state index contributed by atoms with van der Waals surface area (Å²) in [6, 6.07) is 1.14. The van der Waals surface area contributed by atoms with E-state index >= 15 is 0 Å². The highest BCUT2D eigenvalue weighted by molar-refractivity contribution is 7.88. The zero-order valence-corrected chi connectivity index (χ0v) is 12.5. The van der Waals surface area contributed by atoms with E-state index in [-0.39, 0.29) is 17.8 Å². The summed E-state index contributed by atoms with van der Waals surface area (Å²) in [5.74, 6) is 0.0545. The number of hydrogen-bond acceptors (Lipinski definition) is 6. The molecule has 120 valence electrons. The van der Waals surface area contributed by atoms with Crippen molar-refractivity contribution in [3.63, 3.8) is 0 Å². The second-order valence-electron chi connectivity index (χ2n) is 4.32. The third-order valence-electron chi connectivity index (χ3n) is 2.79. The van der Waals surface area contributed by atoms with Gasteiger partial charge in [0.1, 0.15) is 5.82 Å². The van der Waals surface area contributed by atoms with Crippen LogP contribution in [-0.4, -0.2) is 28.9 Å². The molecule has 2 heterocycles. The van der Waals surface area contributed by atoms with Gasteiger partial charge in [-0.3, -0.25) is 0 Å². The minimum Gasteiger partial charge on any atom is -0.374 e. The van der Waals surface area contributed by atoms with E-state index in [1.165, 1.54) is 6.20 Å². The lowest BCUT2D eigenvalue weighted by Gasteiger charge is -2.12. The van der Waals surface area contributed by atoms with Crippen LogP contribution in [0.25, 0.3) is 11.0 Å². The number of aromatic nitrogens is 3. The first-order valence-corrected chi connectivity index (χ1v) is 7.75. The summed E-state index contributed by atoms with van der Waals surface area (Å²) >= 11 is 0. The summed E-state index contributed by atoms with van der Waals surface area (Å²) in [7, 11) is -5.75. The average Bonchev–Trinajstić information content (AvgIpc) is 2.44. The number of nitrogens with zero attached hydrogens (tertiary/aromatic N) is 3. The molecule has 2 aromatic rings. The van der Waals surface area contributed by atoms with E-state index in [0.29, 0.717) is 17.6 Å². The van der Waals surface area contributed by atoms with Gasteiger partial charge in [-0.25, -0.2) is 15.0 Å². The highest BCUT2D eigenvalue weighted by Crippen LogP contribution is 2.30. The van der Waals surface area contributed by atoms with Crippen LogP contribution in [0.2, 0.25) is 0 Å². The van der Waals surface area contributed by atoms with E-state index in [0.717, 1.165) is 6.07 Å². The number of halogens is 3. The molecule has 0 saturated carbocycles. The molecule has 0 unspecified atom stereocenters. The van der Waals surface area contributed by atoms with Crippen molar-refractivity contribution in [2.45, 2.75) is 32.2 Å². The molecule has 0 aliphatic rings. The predicted molar refractivity (Wildman–Crippen MR) is 71.7 cm³/mol. The lowest BCUT2D eigenvalue weighted by molar-refractivity contribution is -0.0500. The topological polar surface area (TPSA) is 82.0 Å². The number of pyridine rings is 1. The molecule has 0 N–H and O–H groups in total. The van der Waals surface area contributed by atoms with Crippen molar-refractivity contribution in [3.8, 4) is 5.75 Å². The second-order valence-corrected chi connectivity index (χ2v) is 5.86. The third-order valence-corrected chi connectivity index (χ3v) is 3.76. The van der Waals surface area contributed by atoms with Crippen molar-refractivity contribution in [1.82, 2.24) is 15.0 Å². The molecule has 0 saturated heterocycles. The average molecular weight is 335 g/mol.